The van der Waals surface area contributed by atoms with Gasteiger partial charge in [0.1, 0.15) is 0 Å². The molecule has 21 heavy (non-hydrogen) atoms. The zero-order chi connectivity index (χ0) is 15.0. The standard InChI is InChI=1S/C20H23N/c1-14(2)19-13-21(18-11-7-16(4)8-12-18)20(19)17-9-5-15(3)6-10-17/h5-12,19-20H,1,13H2,2-4H3/t19-,20-/m0/s1. The molecular weight excluding hydrogens is 254 g/mol. The van der Waals surface area contributed by atoms with E-state index in [0.29, 0.717) is 12.0 Å². The Kier molecular flexibility index (Phi) is 3.59. The summed E-state index contributed by atoms with van der Waals surface area (Å²) in [5, 5.41) is 0. The lowest BCUT2D eigenvalue weighted by Gasteiger charge is -2.50. The van der Waals surface area contributed by atoms with Gasteiger partial charge in [-0.05, 0) is 38.5 Å². The molecule has 1 saturated heterocycles. The second-order valence-electron chi connectivity index (χ2n) is 6.30. The third-order valence-electron chi connectivity index (χ3n) is 4.53. The van der Waals surface area contributed by atoms with E-state index in [-0.39, 0.29) is 0 Å². The fourth-order valence-electron chi connectivity index (χ4n) is 3.11. The van der Waals surface area contributed by atoms with Crippen LogP contribution in [-0.4, -0.2) is 6.54 Å². The molecule has 0 radical (unpaired) electrons. The molecule has 0 unspecified atom stereocenters. The third-order valence-corrected chi connectivity index (χ3v) is 4.53. The average molecular weight is 277 g/mol. The summed E-state index contributed by atoms with van der Waals surface area (Å²) in [6.45, 7) is 11.7. The molecule has 0 saturated carbocycles. The van der Waals surface area contributed by atoms with Crippen molar-refractivity contribution in [2.45, 2.75) is 26.8 Å². The predicted molar refractivity (Wildman–Crippen MR) is 90.7 cm³/mol. The van der Waals surface area contributed by atoms with E-state index in [2.05, 4.69) is 80.8 Å². The van der Waals surface area contributed by atoms with Crippen molar-refractivity contribution in [2.24, 2.45) is 5.92 Å². The minimum Gasteiger partial charge on any atom is -0.363 e. The summed E-state index contributed by atoms with van der Waals surface area (Å²) in [6, 6.07) is 18.2. The Balaban J connectivity index is 1.93. The first-order chi connectivity index (χ1) is 10.1. The molecule has 1 heteroatoms. The summed E-state index contributed by atoms with van der Waals surface area (Å²) >= 11 is 0. The summed E-state index contributed by atoms with van der Waals surface area (Å²) in [7, 11) is 0. The third kappa shape index (κ3) is 2.61. The first-order valence-corrected chi connectivity index (χ1v) is 7.61. The van der Waals surface area contributed by atoms with Gasteiger partial charge in [0.25, 0.3) is 0 Å². The zero-order valence-corrected chi connectivity index (χ0v) is 13.1. The largest absolute Gasteiger partial charge is 0.363 e. The second-order valence-corrected chi connectivity index (χ2v) is 6.30. The second kappa shape index (κ2) is 5.40. The average Bonchev–Trinajstić information content (AvgIpc) is 2.42. The van der Waals surface area contributed by atoms with Crippen LogP contribution in [0.2, 0.25) is 0 Å². The molecule has 2 aromatic rings. The van der Waals surface area contributed by atoms with E-state index >= 15 is 0 Å². The molecule has 2 aromatic carbocycles. The summed E-state index contributed by atoms with van der Waals surface area (Å²) in [4.78, 5) is 2.49. The summed E-state index contributed by atoms with van der Waals surface area (Å²) in [6.07, 6.45) is 0. The van der Waals surface area contributed by atoms with E-state index < -0.39 is 0 Å². The van der Waals surface area contributed by atoms with Crippen LogP contribution in [0.5, 0.6) is 0 Å². The van der Waals surface area contributed by atoms with Gasteiger partial charge in [-0.3, -0.25) is 0 Å². The van der Waals surface area contributed by atoms with Gasteiger partial charge in [0.15, 0.2) is 0 Å². The molecule has 0 spiro atoms. The van der Waals surface area contributed by atoms with Crippen LogP contribution >= 0.6 is 0 Å². The lowest BCUT2D eigenvalue weighted by Crippen LogP contribution is -2.50. The highest BCUT2D eigenvalue weighted by Gasteiger charge is 2.40. The normalized spacial score (nSPS) is 21.0. The Bertz CT molecular complexity index is 637. The summed E-state index contributed by atoms with van der Waals surface area (Å²) < 4.78 is 0. The van der Waals surface area contributed by atoms with E-state index in [0.717, 1.165) is 6.54 Å². The van der Waals surface area contributed by atoms with E-state index in [4.69, 9.17) is 0 Å². The van der Waals surface area contributed by atoms with Crippen LogP contribution in [-0.2, 0) is 0 Å². The molecule has 1 fully saturated rings. The molecule has 1 aliphatic heterocycles. The summed E-state index contributed by atoms with van der Waals surface area (Å²) in [5.41, 5.74) is 6.60. The van der Waals surface area contributed by atoms with Crippen molar-refractivity contribution in [3.05, 3.63) is 77.4 Å². The van der Waals surface area contributed by atoms with Gasteiger partial charge < -0.3 is 4.90 Å². The van der Waals surface area contributed by atoms with Gasteiger partial charge in [-0.2, -0.15) is 0 Å². The fourth-order valence-corrected chi connectivity index (χ4v) is 3.11. The molecule has 2 atom stereocenters. The molecule has 0 aromatic heterocycles. The Morgan fingerprint density at radius 3 is 2.00 bits per heavy atom. The number of aryl methyl sites for hydroxylation is 2. The number of anilines is 1. The van der Waals surface area contributed by atoms with Gasteiger partial charge >= 0.3 is 0 Å². The van der Waals surface area contributed by atoms with Gasteiger partial charge in [-0.25, -0.2) is 0 Å². The molecule has 0 bridgehead atoms. The van der Waals surface area contributed by atoms with E-state index in [1.165, 1.54) is 28.0 Å². The summed E-state index contributed by atoms with van der Waals surface area (Å²) in [5.74, 6) is 0.550. The van der Waals surface area contributed by atoms with Crippen LogP contribution in [0, 0.1) is 19.8 Å². The number of benzene rings is 2. The van der Waals surface area contributed by atoms with Crippen LogP contribution in [0.1, 0.15) is 29.7 Å². The maximum absolute atomic E-state index is 4.19. The topological polar surface area (TPSA) is 3.24 Å². The SMILES string of the molecule is C=C(C)[C@@H]1CN(c2ccc(C)cc2)[C@H]1c1ccc(C)cc1. The highest BCUT2D eigenvalue weighted by molar-refractivity contribution is 5.54. The van der Waals surface area contributed by atoms with Crippen molar-refractivity contribution in [1.29, 1.82) is 0 Å². The maximum atomic E-state index is 4.19. The molecule has 3 rings (SSSR count). The molecule has 0 amide bonds. The van der Waals surface area contributed by atoms with E-state index in [9.17, 15) is 0 Å². The van der Waals surface area contributed by atoms with Crippen molar-refractivity contribution >= 4 is 5.69 Å². The Labute approximate surface area is 127 Å². The van der Waals surface area contributed by atoms with Crippen molar-refractivity contribution in [3.63, 3.8) is 0 Å². The monoisotopic (exact) mass is 277 g/mol. The Morgan fingerprint density at radius 2 is 1.48 bits per heavy atom. The first kappa shape index (κ1) is 13.9. The zero-order valence-electron chi connectivity index (χ0n) is 13.1. The van der Waals surface area contributed by atoms with Crippen LogP contribution in [0.3, 0.4) is 0 Å². The van der Waals surface area contributed by atoms with Crippen LogP contribution in [0.25, 0.3) is 0 Å². The molecule has 1 aliphatic rings. The van der Waals surface area contributed by atoms with Crippen LogP contribution in [0.15, 0.2) is 60.7 Å². The molecular formula is C20H23N. The van der Waals surface area contributed by atoms with Gasteiger partial charge in [0, 0.05) is 18.2 Å². The van der Waals surface area contributed by atoms with Gasteiger partial charge in [-0.1, -0.05) is 59.7 Å². The Morgan fingerprint density at radius 1 is 0.952 bits per heavy atom. The lowest BCUT2D eigenvalue weighted by atomic mass is 9.79. The number of hydrogen-bond donors (Lipinski definition) is 0. The van der Waals surface area contributed by atoms with Crippen LogP contribution < -0.4 is 4.90 Å². The molecule has 1 nitrogen and oxygen atoms in total. The van der Waals surface area contributed by atoms with Crippen molar-refractivity contribution in [1.82, 2.24) is 0 Å². The highest BCUT2D eigenvalue weighted by atomic mass is 15.2. The molecule has 0 N–H and O–H groups in total. The minimum absolute atomic E-state index is 0.422. The van der Waals surface area contributed by atoms with Crippen molar-refractivity contribution < 1.29 is 0 Å². The molecule has 0 aliphatic carbocycles. The van der Waals surface area contributed by atoms with Crippen molar-refractivity contribution in [2.75, 3.05) is 11.4 Å². The first-order valence-electron chi connectivity index (χ1n) is 7.61. The van der Waals surface area contributed by atoms with Crippen molar-refractivity contribution in [3.8, 4) is 0 Å². The number of rotatable bonds is 3. The number of nitrogens with zero attached hydrogens (tertiary/aromatic N) is 1. The maximum Gasteiger partial charge on any atom is 0.0624 e. The van der Waals surface area contributed by atoms with E-state index in [1.54, 1.807) is 0 Å². The molecule has 108 valence electrons. The minimum atomic E-state index is 0.422. The number of hydrogen-bond acceptors (Lipinski definition) is 1. The quantitative estimate of drug-likeness (QED) is 0.709. The Hall–Kier alpha value is -2.02. The van der Waals surface area contributed by atoms with Gasteiger partial charge in [-0.15, -0.1) is 0 Å². The molecule has 1 heterocycles. The van der Waals surface area contributed by atoms with Crippen LogP contribution in [0.4, 0.5) is 5.69 Å². The van der Waals surface area contributed by atoms with E-state index in [1.807, 2.05) is 0 Å². The highest BCUT2D eigenvalue weighted by Crippen LogP contribution is 2.45. The predicted octanol–water partition coefficient (Wildman–Crippen LogP) is 5.06. The van der Waals surface area contributed by atoms with Gasteiger partial charge in [0.05, 0.1) is 6.04 Å². The smallest absolute Gasteiger partial charge is 0.0624 e. The van der Waals surface area contributed by atoms with Gasteiger partial charge in [0.2, 0.25) is 0 Å². The fraction of sp³-hybridized carbons (Fsp3) is 0.300. The lowest BCUT2D eigenvalue weighted by molar-refractivity contribution is 0.345.